The number of nitrogens with zero attached hydrogens (tertiary/aromatic N) is 1. The molecule has 35 heavy (non-hydrogen) atoms. The summed E-state index contributed by atoms with van der Waals surface area (Å²) in [5, 5.41) is 6.25. The molecule has 2 aliphatic carbocycles. The number of rotatable bonds is 6. The number of benzene rings is 1. The van der Waals surface area contributed by atoms with Crippen LogP contribution in [0.1, 0.15) is 65.7 Å². The fourth-order valence-corrected chi connectivity index (χ4v) is 6.84. The Labute approximate surface area is 208 Å². The minimum absolute atomic E-state index is 0.196. The van der Waals surface area contributed by atoms with E-state index in [4.69, 9.17) is 4.74 Å². The molecular weight excluding hydrogens is 466 g/mol. The third-order valence-electron chi connectivity index (χ3n) is 7.35. The summed E-state index contributed by atoms with van der Waals surface area (Å²) in [4.78, 5) is 54.0. The van der Waals surface area contributed by atoms with E-state index < -0.39 is 11.3 Å². The number of hydrogen-bond acceptors (Lipinski definition) is 6. The fourth-order valence-electron chi connectivity index (χ4n) is 5.53. The summed E-state index contributed by atoms with van der Waals surface area (Å²) < 4.78 is 5.17. The van der Waals surface area contributed by atoms with E-state index in [1.54, 1.807) is 31.4 Å². The molecule has 1 saturated heterocycles. The number of carbonyl (C=O) groups is 4. The molecule has 0 bridgehead atoms. The van der Waals surface area contributed by atoms with Crippen LogP contribution in [0, 0.1) is 5.41 Å². The van der Waals surface area contributed by atoms with Crippen molar-refractivity contribution in [2.24, 2.45) is 5.41 Å². The van der Waals surface area contributed by atoms with E-state index in [0.29, 0.717) is 34.8 Å². The number of thiophene rings is 1. The summed E-state index contributed by atoms with van der Waals surface area (Å²) in [5.41, 5.74) is 1.46. The van der Waals surface area contributed by atoms with Gasteiger partial charge in [0.2, 0.25) is 17.7 Å². The number of anilines is 2. The second kappa shape index (κ2) is 9.45. The predicted molar refractivity (Wildman–Crippen MR) is 133 cm³/mol. The molecule has 0 unspecified atom stereocenters. The Balaban J connectivity index is 1.34. The van der Waals surface area contributed by atoms with Crippen molar-refractivity contribution < 1.29 is 23.9 Å². The zero-order chi connectivity index (χ0) is 24.6. The lowest BCUT2D eigenvalue weighted by atomic mass is 9.84. The number of carbonyl (C=O) groups excluding carboxylic acids is 4. The highest BCUT2D eigenvalue weighted by atomic mass is 32.1. The molecule has 2 heterocycles. The smallest absolute Gasteiger partial charge is 0.258 e. The van der Waals surface area contributed by atoms with Crippen LogP contribution in [0.4, 0.5) is 10.7 Å². The first-order valence-corrected chi connectivity index (χ1v) is 13.0. The fraction of sp³-hybridized carbons (Fsp3) is 0.462. The van der Waals surface area contributed by atoms with Gasteiger partial charge in [0.1, 0.15) is 17.3 Å². The zero-order valence-corrected chi connectivity index (χ0v) is 20.6. The highest BCUT2D eigenvalue weighted by molar-refractivity contribution is 7.17. The van der Waals surface area contributed by atoms with Crippen LogP contribution in [-0.4, -0.2) is 42.2 Å². The van der Waals surface area contributed by atoms with Crippen molar-refractivity contribution in [3.63, 3.8) is 0 Å². The first-order chi connectivity index (χ1) is 16.9. The average molecular weight is 496 g/mol. The van der Waals surface area contributed by atoms with Gasteiger partial charge in [0.15, 0.2) is 0 Å². The molecule has 8 nitrogen and oxygen atoms in total. The second-order valence-corrected chi connectivity index (χ2v) is 10.7. The SMILES string of the molecule is COc1ccc(NC(=O)c2c(NC(=O)CN3C(=O)CC4(CCCC4)C3=O)sc3c2CCCC3)cc1. The summed E-state index contributed by atoms with van der Waals surface area (Å²) in [6, 6.07) is 7.06. The molecule has 2 aromatic rings. The Hall–Kier alpha value is -3.20. The van der Waals surface area contributed by atoms with Gasteiger partial charge in [-0.05, 0) is 68.4 Å². The van der Waals surface area contributed by atoms with Crippen LogP contribution in [0.15, 0.2) is 24.3 Å². The molecule has 9 heteroatoms. The first-order valence-electron chi connectivity index (χ1n) is 12.1. The Bertz CT molecular complexity index is 1180. The molecule has 3 aliphatic rings. The number of methoxy groups -OCH3 is 1. The molecular formula is C26H29N3O5S. The van der Waals surface area contributed by atoms with Crippen LogP contribution in [0.5, 0.6) is 5.75 Å². The van der Waals surface area contributed by atoms with Crippen molar-refractivity contribution in [2.75, 3.05) is 24.3 Å². The largest absolute Gasteiger partial charge is 0.497 e. The average Bonchev–Trinajstić information content (AvgIpc) is 3.52. The number of aryl methyl sites for hydroxylation is 1. The standard InChI is InChI=1S/C26H29N3O5S/c1-34-17-10-8-16(9-11-17)27-23(32)22-18-6-2-3-7-19(18)35-24(22)28-20(30)15-29-21(31)14-26(25(29)33)12-4-5-13-26/h8-11H,2-7,12-15H2,1H3,(H,27,32)(H,28,30). The Kier molecular flexibility index (Phi) is 6.35. The molecule has 5 rings (SSSR count). The third kappa shape index (κ3) is 4.45. The molecule has 2 fully saturated rings. The lowest BCUT2D eigenvalue weighted by Gasteiger charge is -2.20. The van der Waals surface area contributed by atoms with Crippen LogP contribution in [-0.2, 0) is 27.2 Å². The lowest BCUT2D eigenvalue weighted by molar-refractivity contribution is -0.143. The summed E-state index contributed by atoms with van der Waals surface area (Å²) in [6.45, 7) is -0.318. The quantitative estimate of drug-likeness (QED) is 0.586. The number of hydrogen-bond donors (Lipinski definition) is 2. The number of amides is 4. The van der Waals surface area contributed by atoms with Crippen molar-refractivity contribution >= 4 is 45.7 Å². The summed E-state index contributed by atoms with van der Waals surface area (Å²) in [6.07, 6.45) is 7.16. The van der Waals surface area contributed by atoms with Crippen molar-refractivity contribution in [1.82, 2.24) is 4.90 Å². The number of likely N-dealkylation sites (tertiary alicyclic amines) is 1. The highest BCUT2D eigenvalue weighted by Crippen LogP contribution is 2.47. The minimum Gasteiger partial charge on any atom is -0.497 e. The Morgan fingerprint density at radius 1 is 1.03 bits per heavy atom. The van der Waals surface area contributed by atoms with Crippen LogP contribution in [0.3, 0.4) is 0 Å². The zero-order valence-electron chi connectivity index (χ0n) is 19.8. The van der Waals surface area contributed by atoms with Crippen molar-refractivity contribution in [2.45, 2.75) is 57.8 Å². The van der Waals surface area contributed by atoms with Gasteiger partial charge in [0, 0.05) is 17.0 Å². The normalized spacial score (nSPS) is 18.6. The van der Waals surface area contributed by atoms with Gasteiger partial charge in [-0.15, -0.1) is 11.3 Å². The number of imide groups is 1. The monoisotopic (exact) mass is 495 g/mol. The topological polar surface area (TPSA) is 105 Å². The molecule has 1 spiro atoms. The van der Waals surface area contributed by atoms with Crippen molar-refractivity contribution in [3.05, 3.63) is 40.3 Å². The maximum atomic E-state index is 13.3. The van der Waals surface area contributed by atoms with Gasteiger partial charge in [-0.3, -0.25) is 24.1 Å². The van der Waals surface area contributed by atoms with Crippen LogP contribution < -0.4 is 15.4 Å². The van der Waals surface area contributed by atoms with Gasteiger partial charge in [-0.25, -0.2) is 0 Å². The Morgan fingerprint density at radius 2 is 1.74 bits per heavy atom. The molecule has 1 aromatic heterocycles. The second-order valence-electron chi connectivity index (χ2n) is 9.60. The molecule has 184 valence electrons. The van der Waals surface area contributed by atoms with Gasteiger partial charge in [-0.2, -0.15) is 0 Å². The van der Waals surface area contributed by atoms with Crippen LogP contribution in [0.2, 0.25) is 0 Å². The molecule has 0 atom stereocenters. The van der Waals surface area contributed by atoms with Gasteiger partial charge in [0.05, 0.1) is 18.1 Å². The summed E-state index contributed by atoms with van der Waals surface area (Å²) >= 11 is 1.41. The lowest BCUT2D eigenvalue weighted by Crippen LogP contribution is -2.40. The maximum absolute atomic E-state index is 13.3. The van der Waals surface area contributed by atoms with E-state index in [-0.39, 0.29) is 30.7 Å². The minimum atomic E-state index is -0.608. The van der Waals surface area contributed by atoms with Crippen molar-refractivity contribution in [3.8, 4) is 5.75 Å². The summed E-state index contributed by atoms with van der Waals surface area (Å²) in [7, 11) is 1.58. The van der Waals surface area contributed by atoms with Gasteiger partial charge in [-0.1, -0.05) is 12.8 Å². The van der Waals surface area contributed by atoms with E-state index in [0.717, 1.165) is 53.9 Å². The summed E-state index contributed by atoms with van der Waals surface area (Å²) in [5.74, 6) is -0.565. The Morgan fingerprint density at radius 3 is 2.46 bits per heavy atom. The van der Waals surface area contributed by atoms with Gasteiger partial charge in [0.25, 0.3) is 5.91 Å². The molecule has 4 amide bonds. The molecule has 2 N–H and O–H groups in total. The number of nitrogens with one attached hydrogen (secondary N) is 2. The third-order valence-corrected chi connectivity index (χ3v) is 8.56. The molecule has 0 radical (unpaired) electrons. The maximum Gasteiger partial charge on any atom is 0.258 e. The van der Waals surface area contributed by atoms with Crippen molar-refractivity contribution in [1.29, 1.82) is 0 Å². The van der Waals surface area contributed by atoms with Gasteiger partial charge >= 0.3 is 0 Å². The molecule has 1 aromatic carbocycles. The predicted octanol–water partition coefficient (Wildman–Crippen LogP) is 4.15. The van der Waals surface area contributed by atoms with Crippen LogP contribution in [0.25, 0.3) is 0 Å². The van der Waals surface area contributed by atoms with E-state index in [2.05, 4.69) is 10.6 Å². The van der Waals surface area contributed by atoms with E-state index in [1.165, 1.54) is 11.3 Å². The van der Waals surface area contributed by atoms with E-state index >= 15 is 0 Å². The van der Waals surface area contributed by atoms with Gasteiger partial charge < -0.3 is 15.4 Å². The highest BCUT2D eigenvalue weighted by Gasteiger charge is 2.52. The van der Waals surface area contributed by atoms with E-state index in [1.807, 2.05) is 0 Å². The number of ether oxygens (including phenoxy) is 1. The van der Waals surface area contributed by atoms with E-state index in [9.17, 15) is 19.2 Å². The van der Waals surface area contributed by atoms with Crippen LogP contribution >= 0.6 is 11.3 Å². The number of fused-ring (bicyclic) bond motifs is 1. The molecule has 1 saturated carbocycles. The molecule has 1 aliphatic heterocycles. The first kappa shape index (κ1) is 23.5.